The van der Waals surface area contributed by atoms with Crippen LogP contribution in [-0.4, -0.2) is 30.7 Å². The minimum Gasteiger partial charge on any atom is -0.493 e. The zero-order chi connectivity index (χ0) is 20.0. The number of aromatic nitrogens is 1. The van der Waals surface area contributed by atoms with Gasteiger partial charge in [-0.3, -0.25) is 10.1 Å². The quantitative estimate of drug-likeness (QED) is 0.528. The van der Waals surface area contributed by atoms with Gasteiger partial charge in [-0.15, -0.1) is 0 Å². The maximum Gasteiger partial charge on any atom is 0.278 e. The lowest BCUT2D eigenvalue weighted by atomic mass is 9.92. The standard InChI is InChI=1S/C21H23N3O4/c1-11-7-12(2)19-14(8-11)13-5-6-22-20(21(13)23-19)15-9-17(27-3)18(28-4)10-16(15)24(25)26/h7-10,20,22-23H,5-6H2,1-4H3. The van der Waals surface area contributed by atoms with Gasteiger partial charge in [0.15, 0.2) is 11.5 Å². The van der Waals surface area contributed by atoms with Gasteiger partial charge in [-0.05, 0) is 43.5 Å². The van der Waals surface area contributed by atoms with Gasteiger partial charge in [0.2, 0.25) is 0 Å². The minimum atomic E-state index is -0.370. The number of fused-ring (bicyclic) bond motifs is 3. The lowest BCUT2D eigenvalue weighted by Crippen LogP contribution is -2.31. The highest BCUT2D eigenvalue weighted by molar-refractivity contribution is 5.88. The molecule has 0 amide bonds. The SMILES string of the molecule is COc1cc(C2NCCc3c2[nH]c2c(C)cc(C)cc32)c([N+](=O)[O-])cc1OC. The summed E-state index contributed by atoms with van der Waals surface area (Å²) in [4.78, 5) is 15.0. The number of ether oxygens (including phenoxy) is 2. The number of H-pyrrole nitrogens is 1. The smallest absolute Gasteiger partial charge is 0.278 e. The van der Waals surface area contributed by atoms with E-state index in [0.717, 1.165) is 24.2 Å². The number of aryl methyl sites for hydroxylation is 2. The second-order valence-electron chi connectivity index (χ2n) is 7.18. The zero-order valence-electron chi connectivity index (χ0n) is 16.4. The predicted octanol–water partition coefficient (Wildman–Crippen LogP) is 3.95. The molecule has 0 saturated carbocycles. The number of nitrogens with one attached hydrogen (secondary N) is 2. The Balaban J connectivity index is 1.95. The fourth-order valence-corrected chi connectivity index (χ4v) is 4.22. The van der Waals surface area contributed by atoms with Crippen molar-refractivity contribution < 1.29 is 14.4 Å². The van der Waals surface area contributed by atoms with Gasteiger partial charge in [-0.2, -0.15) is 0 Å². The number of rotatable bonds is 4. The number of benzene rings is 2. The van der Waals surface area contributed by atoms with Crippen molar-refractivity contribution in [3.8, 4) is 11.5 Å². The maximum atomic E-state index is 11.8. The number of nitro benzene ring substituents is 1. The van der Waals surface area contributed by atoms with E-state index in [4.69, 9.17) is 9.47 Å². The molecule has 3 aromatic rings. The Kier molecular flexibility index (Phi) is 4.47. The van der Waals surface area contributed by atoms with Crippen LogP contribution in [0.25, 0.3) is 10.9 Å². The topological polar surface area (TPSA) is 89.4 Å². The maximum absolute atomic E-state index is 11.8. The highest BCUT2D eigenvalue weighted by atomic mass is 16.6. The van der Waals surface area contributed by atoms with Crippen LogP contribution in [-0.2, 0) is 6.42 Å². The van der Waals surface area contributed by atoms with Crippen LogP contribution >= 0.6 is 0 Å². The van der Waals surface area contributed by atoms with Crippen LogP contribution < -0.4 is 14.8 Å². The summed E-state index contributed by atoms with van der Waals surface area (Å²) in [5, 5.41) is 16.4. The summed E-state index contributed by atoms with van der Waals surface area (Å²) >= 11 is 0. The molecule has 146 valence electrons. The van der Waals surface area contributed by atoms with E-state index >= 15 is 0 Å². The monoisotopic (exact) mass is 381 g/mol. The van der Waals surface area contributed by atoms with Crippen molar-refractivity contribution in [2.24, 2.45) is 0 Å². The number of nitrogens with zero attached hydrogens (tertiary/aromatic N) is 1. The summed E-state index contributed by atoms with van der Waals surface area (Å²) in [5.74, 6) is 0.817. The molecule has 2 heterocycles. The van der Waals surface area contributed by atoms with Crippen molar-refractivity contribution in [3.63, 3.8) is 0 Å². The average molecular weight is 381 g/mol. The van der Waals surface area contributed by atoms with Crippen molar-refractivity contribution in [1.29, 1.82) is 0 Å². The Morgan fingerprint density at radius 1 is 1.11 bits per heavy atom. The molecule has 0 aliphatic carbocycles. The number of methoxy groups -OCH3 is 2. The first-order valence-electron chi connectivity index (χ1n) is 9.20. The Labute approximate surface area is 162 Å². The van der Waals surface area contributed by atoms with Crippen molar-refractivity contribution in [3.05, 3.63) is 62.3 Å². The van der Waals surface area contributed by atoms with Gasteiger partial charge in [0.1, 0.15) is 0 Å². The summed E-state index contributed by atoms with van der Waals surface area (Å²) in [7, 11) is 3.00. The van der Waals surface area contributed by atoms with E-state index in [9.17, 15) is 10.1 Å². The minimum absolute atomic E-state index is 0.00885. The second kappa shape index (κ2) is 6.83. The fourth-order valence-electron chi connectivity index (χ4n) is 4.22. The summed E-state index contributed by atoms with van der Waals surface area (Å²) < 4.78 is 10.7. The van der Waals surface area contributed by atoms with E-state index in [1.807, 2.05) is 0 Å². The molecule has 2 aromatic carbocycles. The molecule has 1 aliphatic rings. The molecule has 7 heteroatoms. The van der Waals surface area contributed by atoms with Crippen molar-refractivity contribution in [1.82, 2.24) is 10.3 Å². The first kappa shape index (κ1) is 18.3. The lowest BCUT2D eigenvalue weighted by molar-refractivity contribution is -0.385. The van der Waals surface area contributed by atoms with Crippen LogP contribution in [0, 0.1) is 24.0 Å². The third kappa shape index (κ3) is 2.79. The van der Waals surface area contributed by atoms with E-state index in [1.165, 1.54) is 42.4 Å². The first-order valence-corrected chi connectivity index (χ1v) is 9.20. The molecular weight excluding hydrogens is 358 g/mol. The normalized spacial score (nSPS) is 16.1. The van der Waals surface area contributed by atoms with Crippen LogP contribution in [0.4, 0.5) is 5.69 Å². The lowest BCUT2D eigenvalue weighted by Gasteiger charge is -2.25. The molecule has 0 spiro atoms. The molecule has 4 rings (SSSR count). The Hall–Kier alpha value is -3.06. The van der Waals surface area contributed by atoms with Gasteiger partial charge in [-0.1, -0.05) is 11.6 Å². The Morgan fingerprint density at radius 3 is 2.50 bits per heavy atom. The highest BCUT2D eigenvalue weighted by Gasteiger charge is 2.32. The van der Waals surface area contributed by atoms with E-state index in [1.54, 1.807) is 6.07 Å². The molecule has 0 saturated heterocycles. The van der Waals surface area contributed by atoms with Gasteiger partial charge in [0, 0.05) is 23.1 Å². The molecule has 1 aromatic heterocycles. The molecule has 0 radical (unpaired) electrons. The summed E-state index contributed by atoms with van der Waals surface area (Å²) in [6.07, 6.45) is 0.871. The fraction of sp³-hybridized carbons (Fsp3) is 0.333. The Morgan fingerprint density at radius 2 is 1.82 bits per heavy atom. The van der Waals surface area contributed by atoms with Crippen molar-refractivity contribution in [2.75, 3.05) is 20.8 Å². The van der Waals surface area contributed by atoms with Gasteiger partial charge in [-0.25, -0.2) is 0 Å². The second-order valence-corrected chi connectivity index (χ2v) is 7.18. The van der Waals surface area contributed by atoms with Crippen LogP contribution in [0.2, 0.25) is 0 Å². The van der Waals surface area contributed by atoms with Gasteiger partial charge < -0.3 is 19.8 Å². The summed E-state index contributed by atoms with van der Waals surface area (Å²) in [5.41, 5.74) is 6.23. The summed E-state index contributed by atoms with van der Waals surface area (Å²) in [6, 6.07) is 7.14. The highest BCUT2D eigenvalue weighted by Crippen LogP contribution is 2.42. The number of hydrogen-bond donors (Lipinski definition) is 2. The summed E-state index contributed by atoms with van der Waals surface area (Å²) in [6.45, 7) is 4.91. The Bertz CT molecular complexity index is 1090. The molecule has 28 heavy (non-hydrogen) atoms. The molecule has 0 fully saturated rings. The molecule has 1 aliphatic heterocycles. The van der Waals surface area contributed by atoms with Crippen LogP contribution in [0.15, 0.2) is 24.3 Å². The molecule has 1 atom stereocenters. The van der Waals surface area contributed by atoms with Crippen molar-refractivity contribution in [2.45, 2.75) is 26.3 Å². The van der Waals surface area contributed by atoms with Gasteiger partial charge >= 0.3 is 0 Å². The largest absolute Gasteiger partial charge is 0.493 e. The third-order valence-corrected chi connectivity index (χ3v) is 5.44. The predicted molar refractivity (Wildman–Crippen MR) is 108 cm³/mol. The third-order valence-electron chi connectivity index (χ3n) is 5.44. The van der Waals surface area contributed by atoms with E-state index in [0.29, 0.717) is 17.1 Å². The molecule has 7 nitrogen and oxygen atoms in total. The van der Waals surface area contributed by atoms with Crippen molar-refractivity contribution >= 4 is 16.6 Å². The van der Waals surface area contributed by atoms with E-state index in [-0.39, 0.29) is 16.7 Å². The van der Waals surface area contributed by atoms with E-state index in [2.05, 4.69) is 36.3 Å². The van der Waals surface area contributed by atoms with Crippen LogP contribution in [0.1, 0.15) is 34.0 Å². The van der Waals surface area contributed by atoms with Gasteiger partial charge in [0.05, 0.1) is 36.8 Å². The average Bonchev–Trinajstić information content (AvgIpc) is 3.06. The number of aromatic amines is 1. The molecule has 2 N–H and O–H groups in total. The molecule has 1 unspecified atom stereocenters. The van der Waals surface area contributed by atoms with E-state index < -0.39 is 0 Å². The number of nitro groups is 1. The van der Waals surface area contributed by atoms with Gasteiger partial charge in [0.25, 0.3) is 5.69 Å². The van der Waals surface area contributed by atoms with Crippen LogP contribution in [0.5, 0.6) is 11.5 Å². The molecule has 0 bridgehead atoms. The zero-order valence-corrected chi connectivity index (χ0v) is 16.4. The van der Waals surface area contributed by atoms with Crippen LogP contribution in [0.3, 0.4) is 0 Å². The number of hydrogen-bond acceptors (Lipinski definition) is 5. The first-order chi connectivity index (χ1) is 13.4. The molecular formula is C21H23N3O4.